The molecule has 5 rings (SSSR count). The SMILES string of the molecule is CC(=O)OC1CC[C@@]2(C)C(CC[C@]3(C)[C@@H]2CC(=O)[C@@H]2C(C4(C)CCCC(C)(C)O4)CC[C@]23C)C1(C)C. The van der Waals surface area contributed by atoms with Gasteiger partial charge in [0.15, 0.2) is 0 Å². The molecule has 5 aliphatic rings. The topological polar surface area (TPSA) is 52.6 Å². The maximum Gasteiger partial charge on any atom is 0.302 e. The van der Waals surface area contributed by atoms with E-state index >= 15 is 0 Å². The first-order valence-electron chi connectivity index (χ1n) is 14.9. The molecule has 0 aromatic rings. The van der Waals surface area contributed by atoms with Gasteiger partial charge in [0.2, 0.25) is 0 Å². The van der Waals surface area contributed by atoms with E-state index in [4.69, 9.17) is 9.47 Å². The number of carbonyl (C=O) groups excluding carboxylic acids is 2. The second-order valence-electron chi connectivity index (χ2n) is 15.8. The Morgan fingerprint density at radius 1 is 0.833 bits per heavy atom. The van der Waals surface area contributed by atoms with Crippen molar-refractivity contribution in [1.82, 2.24) is 0 Å². The number of rotatable bonds is 2. The summed E-state index contributed by atoms with van der Waals surface area (Å²) in [7, 11) is 0. The van der Waals surface area contributed by atoms with Gasteiger partial charge in [-0.25, -0.2) is 0 Å². The van der Waals surface area contributed by atoms with Crippen LogP contribution in [0.4, 0.5) is 0 Å². The van der Waals surface area contributed by atoms with E-state index in [2.05, 4.69) is 55.4 Å². The molecule has 0 amide bonds. The highest BCUT2D eigenvalue weighted by molar-refractivity contribution is 5.84. The van der Waals surface area contributed by atoms with Crippen LogP contribution in [0.5, 0.6) is 0 Å². The number of ketones is 1. The summed E-state index contributed by atoms with van der Waals surface area (Å²) >= 11 is 0. The summed E-state index contributed by atoms with van der Waals surface area (Å²) in [4.78, 5) is 26.2. The Bertz CT molecular complexity index is 936. The molecule has 0 aromatic heterocycles. The summed E-state index contributed by atoms with van der Waals surface area (Å²) in [5.41, 5.74) is -0.106. The lowest BCUT2D eigenvalue weighted by molar-refractivity contribution is -0.234. The van der Waals surface area contributed by atoms with Gasteiger partial charge in [-0.2, -0.15) is 0 Å². The van der Waals surface area contributed by atoms with Crippen LogP contribution in [0.15, 0.2) is 0 Å². The third kappa shape index (κ3) is 3.54. The zero-order valence-electron chi connectivity index (χ0n) is 24.6. The van der Waals surface area contributed by atoms with Gasteiger partial charge >= 0.3 is 5.97 Å². The minimum atomic E-state index is -0.200. The molecule has 0 N–H and O–H groups in total. The van der Waals surface area contributed by atoms with E-state index in [1.807, 2.05) is 0 Å². The first-order chi connectivity index (χ1) is 16.5. The average Bonchev–Trinajstić information content (AvgIpc) is 3.12. The minimum absolute atomic E-state index is 0.0243. The molecule has 0 radical (unpaired) electrons. The first kappa shape index (κ1) is 26.7. The summed E-state index contributed by atoms with van der Waals surface area (Å²) in [6.07, 6.45) is 10.6. The first-order valence-corrected chi connectivity index (χ1v) is 14.9. The van der Waals surface area contributed by atoms with Gasteiger partial charge in [-0.15, -0.1) is 0 Å². The van der Waals surface area contributed by atoms with Gasteiger partial charge in [-0.3, -0.25) is 9.59 Å². The van der Waals surface area contributed by atoms with Crippen molar-refractivity contribution in [2.45, 2.75) is 144 Å². The summed E-state index contributed by atoms with van der Waals surface area (Å²) in [5.74, 6) is 1.64. The van der Waals surface area contributed by atoms with E-state index in [9.17, 15) is 9.59 Å². The van der Waals surface area contributed by atoms with Crippen LogP contribution in [-0.4, -0.2) is 29.1 Å². The molecule has 9 atom stereocenters. The van der Waals surface area contributed by atoms with Gasteiger partial charge in [0.1, 0.15) is 11.9 Å². The van der Waals surface area contributed by atoms with E-state index in [-0.39, 0.29) is 50.9 Å². The predicted octanol–water partition coefficient (Wildman–Crippen LogP) is 7.52. The normalized spacial score (nSPS) is 51.6. The molecule has 0 spiro atoms. The van der Waals surface area contributed by atoms with Gasteiger partial charge in [-0.1, -0.05) is 34.6 Å². The van der Waals surface area contributed by atoms with Crippen LogP contribution in [-0.2, 0) is 19.1 Å². The van der Waals surface area contributed by atoms with Crippen molar-refractivity contribution in [2.24, 2.45) is 45.3 Å². The molecule has 1 saturated heterocycles. The van der Waals surface area contributed by atoms with Crippen molar-refractivity contribution in [1.29, 1.82) is 0 Å². The summed E-state index contributed by atoms with van der Waals surface area (Å²) < 4.78 is 12.7. The largest absolute Gasteiger partial charge is 0.462 e. The Morgan fingerprint density at radius 2 is 1.50 bits per heavy atom. The minimum Gasteiger partial charge on any atom is -0.462 e. The van der Waals surface area contributed by atoms with Crippen LogP contribution >= 0.6 is 0 Å². The number of hydrogen-bond acceptors (Lipinski definition) is 4. The third-order valence-electron chi connectivity index (χ3n) is 13.2. The average molecular weight is 501 g/mol. The Morgan fingerprint density at radius 3 is 2.14 bits per heavy atom. The molecular formula is C32H52O4. The van der Waals surface area contributed by atoms with Crippen molar-refractivity contribution in [2.75, 3.05) is 0 Å². The van der Waals surface area contributed by atoms with E-state index in [1.54, 1.807) is 0 Å². The fourth-order valence-corrected chi connectivity index (χ4v) is 11.4. The fraction of sp³-hybridized carbons (Fsp3) is 0.938. The van der Waals surface area contributed by atoms with E-state index < -0.39 is 0 Å². The van der Waals surface area contributed by atoms with Crippen LogP contribution in [0.1, 0.15) is 127 Å². The van der Waals surface area contributed by atoms with Crippen LogP contribution in [0.2, 0.25) is 0 Å². The highest BCUT2D eigenvalue weighted by Crippen LogP contribution is 2.75. The lowest BCUT2D eigenvalue weighted by Crippen LogP contribution is -2.66. The van der Waals surface area contributed by atoms with Crippen molar-refractivity contribution in [3.8, 4) is 0 Å². The van der Waals surface area contributed by atoms with Crippen molar-refractivity contribution < 1.29 is 19.1 Å². The lowest BCUT2D eigenvalue weighted by Gasteiger charge is -2.69. The molecular weight excluding hydrogens is 448 g/mol. The molecule has 5 fully saturated rings. The Labute approximate surface area is 220 Å². The van der Waals surface area contributed by atoms with Crippen LogP contribution < -0.4 is 0 Å². The van der Waals surface area contributed by atoms with Gasteiger partial charge in [0.05, 0.1) is 11.2 Å². The molecule has 204 valence electrons. The molecule has 36 heavy (non-hydrogen) atoms. The predicted molar refractivity (Wildman–Crippen MR) is 142 cm³/mol. The third-order valence-corrected chi connectivity index (χ3v) is 13.2. The van der Waals surface area contributed by atoms with Crippen LogP contribution in [0.25, 0.3) is 0 Å². The zero-order valence-corrected chi connectivity index (χ0v) is 24.6. The van der Waals surface area contributed by atoms with Crippen molar-refractivity contribution in [3.63, 3.8) is 0 Å². The van der Waals surface area contributed by atoms with Gasteiger partial charge in [0, 0.05) is 24.7 Å². The highest BCUT2D eigenvalue weighted by atomic mass is 16.5. The highest BCUT2D eigenvalue weighted by Gasteiger charge is 2.72. The van der Waals surface area contributed by atoms with E-state index in [0.717, 1.165) is 44.9 Å². The standard InChI is InChI=1S/C32H52O4/c1-20(33)35-25-13-16-29(6)23(28(25,4)5)12-18-30(7)24(29)19-22(34)26-21(11-17-31(26,30)8)32(9)15-10-14-27(2,3)36-32/h21,23-26H,10-19H2,1-9H3/t21?,23?,24-,25?,26+,29+,30-,31-,32?/m1/s1. The molecule has 4 heteroatoms. The second kappa shape index (κ2) is 8.06. The van der Waals surface area contributed by atoms with Gasteiger partial charge in [0.25, 0.3) is 0 Å². The van der Waals surface area contributed by atoms with E-state index in [1.165, 1.54) is 19.8 Å². The summed E-state index contributed by atoms with van der Waals surface area (Å²) in [5, 5.41) is 0. The Kier molecular flexibility index (Phi) is 5.97. The Hall–Kier alpha value is -0.900. The van der Waals surface area contributed by atoms with Gasteiger partial charge in [-0.05, 0) is 113 Å². The maximum absolute atomic E-state index is 14.3. The number of fused-ring (bicyclic) bond motifs is 5. The molecule has 4 aliphatic carbocycles. The van der Waals surface area contributed by atoms with Crippen LogP contribution in [0.3, 0.4) is 0 Å². The molecule has 4 saturated carbocycles. The van der Waals surface area contributed by atoms with E-state index in [0.29, 0.717) is 30.0 Å². The number of Topliss-reactive ketones (excluding diaryl/α,β-unsaturated/α-hetero) is 1. The summed E-state index contributed by atoms with van der Waals surface area (Å²) in [6, 6.07) is 0. The van der Waals surface area contributed by atoms with Crippen LogP contribution in [0, 0.1) is 45.3 Å². The molecule has 0 bridgehead atoms. The second-order valence-corrected chi connectivity index (χ2v) is 15.8. The molecule has 0 aromatic carbocycles. The van der Waals surface area contributed by atoms with Gasteiger partial charge < -0.3 is 9.47 Å². The molecule has 4 unspecified atom stereocenters. The quantitative estimate of drug-likeness (QED) is 0.368. The number of ether oxygens (including phenoxy) is 2. The lowest BCUT2D eigenvalue weighted by atomic mass is 9.35. The van der Waals surface area contributed by atoms with Crippen molar-refractivity contribution >= 4 is 11.8 Å². The number of esters is 1. The number of carbonyl (C=O) groups is 2. The summed E-state index contributed by atoms with van der Waals surface area (Å²) in [6.45, 7) is 20.5. The zero-order chi connectivity index (χ0) is 26.5. The molecule has 4 nitrogen and oxygen atoms in total. The number of hydrogen-bond donors (Lipinski definition) is 0. The monoisotopic (exact) mass is 500 g/mol. The molecule has 1 aliphatic heterocycles. The Balaban J connectivity index is 1.48. The smallest absolute Gasteiger partial charge is 0.302 e. The van der Waals surface area contributed by atoms with Crippen molar-refractivity contribution in [3.05, 3.63) is 0 Å². The fourth-order valence-electron chi connectivity index (χ4n) is 11.4. The molecule has 1 heterocycles. The maximum atomic E-state index is 14.3.